The molecule has 2 aromatic rings. The van der Waals surface area contributed by atoms with Gasteiger partial charge in [-0.25, -0.2) is 4.79 Å². The van der Waals surface area contributed by atoms with Crippen molar-refractivity contribution >= 4 is 27.6 Å². The second-order valence-corrected chi connectivity index (χ2v) is 5.41. The van der Waals surface area contributed by atoms with Crippen LogP contribution >= 0.6 is 15.9 Å². The van der Waals surface area contributed by atoms with Gasteiger partial charge in [-0.05, 0) is 17.7 Å². The van der Waals surface area contributed by atoms with Crippen LogP contribution in [0.5, 0.6) is 11.5 Å². The third-order valence-electron chi connectivity index (χ3n) is 3.05. The molecule has 108 valence electrons. The van der Waals surface area contributed by atoms with E-state index in [0.717, 1.165) is 10.0 Å². The molecule has 0 atom stereocenters. The highest BCUT2D eigenvalue weighted by Gasteiger charge is 2.20. The second-order valence-electron chi connectivity index (χ2n) is 4.50. The van der Waals surface area contributed by atoms with Gasteiger partial charge in [-0.2, -0.15) is 0 Å². The van der Waals surface area contributed by atoms with Crippen LogP contribution < -0.4 is 15.2 Å². The van der Waals surface area contributed by atoms with Crippen molar-refractivity contribution in [1.82, 2.24) is 0 Å². The van der Waals surface area contributed by atoms with Crippen molar-refractivity contribution in [2.45, 2.75) is 6.61 Å². The maximum atomic E-state index is 12.1. The van der Waals surface area contributed by atoms with E-state index < -0.39 is 5.97 Å². The van der Waals surface area contributed by atoms with Gasteiger partial charge in [-0.1, -0.05) is 28.1 Å². The fraction of sp³-hybridized carbons (Fsp3) is 0.133. The summed E-state index contributed by atoms with van der Waals surface area (Å²) in [6.45, 7) is 0.312. The highest BCUT2D eigenvalue weighted by Crippen LogP contribution is 2.36. The van der Waals surface area contributed by atoms with Crippen molar-refractivity contribution in [3.63, 3.8) is 0 Å². The number of hydrogen-bond donors (Lipinski definition) is 1. The zero-order valence-corrected chi connectivity index (χ0v) is 12.6. The van der Waals surface area contributed by atoms with E-state index in [1.54, 1.807) is 12.1 Å². The number of anilines is 1. The Hall–Kier alpha value is -2.21. The van der Waals surface area contributed by atoms with E-state index in [2.05, 4.69) is 15.9 Å². The number of fused-ring (bicyclic) bond motifs is 1. The summed E-state index contributed by atoms with van der Waals surface area (Å²) in [5.41, 5.74) is 7.32. The number of rotatable bonds is 3. The first-order valence-corrected chi connectivity index (χ1v) is 7.03. The molecule has 0 bridgehead atoms. The Labute approximate surface area is 129 Å². The monoisotopic (exact) mass is 349 g/mol. The molecule has 0 aromatic heterocycles. The molecule has 0 unspecified atom stereocenters. The smallest absolute Gasteiger partial charge is 0.340 e. The lowest BCUT2D eigenvalue weighted by Crippen LogP contribution is -2.08. The predicted molar refractivity (Wildman–Crippen MR) is 80.2 cm³/mol. The van der Waals surface area contributed by atoms with Gasteiger partial charge in [-0.15, -0.1) is 0 Å². The molecule has 0 fully saturated rings. The fourth-order valence-electron chi connectivity index (χ4n) is 1.94. The lowest BCUT2D eigenvalue weighted by atomic mass is 10.1. The number of benzene rings is 2. The molecule has 6 heteroatoms. The van der Waals surface area contributed by atoms with Gasteiger partial charge >= 0.3 is 5.97 Å². The molecular formula is C15H12BrNO4. The Morgan fingerprint density at radius 3 is 2.57 bits per heavy atom. The van der Waals surface area contributed by atoms with Crippen LogP contribution in [0, 0.1) is 0 Å². The van der Waals surface area contributed by atoms with Crippen molar-refractivity contribution in [2.24, 2.45) is 0 Å². The number of carbonyl (C=O) groups excluding carboxylic acids is 1. The summed E-state index contributed by atoms with van der Waals surface area (Å²) in [6.07, 6.45) is 0. The van der Waals surface area contributed by atoms with Crippen LogP contribution in [0.2, 0.25) is 0 Å². The summed E-state index contributed by atoms with van der Waals surface area (Å²) in [6, 6.07) is 10.6. The Morgan fingerprint density at radius 1 is 1.19 bits per heavy atom. The first-order valence-electron chi connectivity index (χ1n) is 6.24. The van der Waals surface area contributed by atoms with Gasteiger partial charge < -0.3 is 19.9 Å². The zero-order chi connectivity index (χ0) is 14.8. The van der Waals surface area contributed by atoms with Crippen molar-refractivity contribution < 1.29 is 19.0 Å². The van der Waals surface area contributed by atoms with Crippen molar-refractivity contribution in [2.75, 3.05) is 12.5 Å². The van der Waals surface area contributed by atoms with Crippen LogP contribution in [-0.4, -0.2) is 12.8 Å². The van der Waals surface area contributed by atoms with Crippen LogP contribution in [-0.2, 0) is 11.3 Å². The van der Waals surface area contributed by atoms with Gasteiger partial charge in [0.05, 0.1) is 11.3 Å². The minimum Gasteiger partial charge on any atom is -0.457 e. The summed E-state index contributed by atoms with van der Waals surface area (Å²) >= 11 is 3.35. The number of esters is 1. The lowest BCUT2D eigenvalue weighted by Gasteiger charge is -2.08. The van der Waals surface area contributed by atoms with E-state index in [0.29, 0.717) is 17.2 Å². The van der Waals surface area contributed by atoms with Crippen LogP contribution in [0.3, 0.4) is 0 Å². The molecule has 2 aromatic carbocycles. The summed E-state index contributed by atoms with van der Waals surface area (Å²) in [7, 11) is 0. The first-order chi connectivity index (χ1) is 10.1. The van der Waals surface area contributed by atoms with Gasteiger partial charge in [0.1, 0.15) is 6.61 Å². The number of nitrogen functional groups attached to an aromatic ring is 1. The molecule has 0 saturated carbocycles. The average molecular weight is 350 g/mol. The number of hydrogen-bond acceptors (Lipinski definition) is 5. The van der Waals surface area contributed by atoms with Gasteiger partial charge in [0.2, 0.25) is 6.79 Å². The van der Waals surface area contributed by atoms with Crippen molar-refractivity contribution in [3.05, 3.63) is 52.0 Å². The first kappa shape index (κ1) is 13.8. The van der Waals surface area contributed by atoms with Gasteiger partial charge in [0, 0.05) is 16.6 Å². The fourth-order valence-corrected chi connectivity index (χ4v) is 2.21. The van der Waals surface area contributed by atoms with Crippen molar-refractivity contribution in [1.29, 1.82) is 0 Å². The number of carbonyl (C=O) groups is 1. The van der Waals surface area contributed by atoms with E-state index >= 15 is 0 Å². The lowest BCUT2D eigenvalue weighted by molar-refractivity contribution is 0.0473. The topological polar surface area (TPSA) is 70.8 Å². The molecule has 1 heterocycles. The maximum absolute atomic E-state index is 12.1. The largest absolute Gasteiger partial charge is 0.457 e. The minimum atomic E-state index is -0.492. The average Bonchev–Trinajstić information content (AvgIpc) is 2.92. The Morgan fingerprint density at radius 2 is 1.86 bits per heavy atom. The molecule has 0 amide bonds. The molecular weight excluding hydrogens is 338 g/mol. The van der Waals surface area contributed by atoms with E-state index in [-0.39, 0.29) is 19.0 Å². The Balaban J connectivity index is 1.72. The summed E-state index contributed by atoms with van der Waals surface area (Å²) < 4.78 is 16.7. The standard InChI is InChI=1S/C15H12BrNO4/c16-10-3-1-9(2-4-10)7-19-15(18)11-5-13-14(6-12(11)17)21-8-20-13/h1-6H,7-8,17H2. The maximum Gasteiger partial charge on any atom is 0.340 e. The molecule has 0 radical (unpaired) electrons. The molecule has 1 aliphatic rings. The van der Waals surface area contributed by atoms with Crippen LogP contribution in [0.1, 0.15) is 15.9 Å². The van der Waals surface area contributed by atoms with Gasteiger partial charge in [0.15, 0.2) is 11.5 Å². The number of halogens is 1. The highest BCUT2D eigenvalue weighted by atomic mass is 79.9. The molecule has 5 nitrogen and oxygen atoms in total. The van der Waals surface area contributed by atoms with E-state index in [9.17, 15) is 4.79 Å². The molecule has 3 rings (SSSR count). The molecule has 21 heavy (non-hydrogen) atoms. The molecule has 1 aliphatic heterocycles. The van der Waals surface area contributed by atoms with Gasteiger partial charge in [-0.3, -0.25) is 0 Å². The van der Waals surface area contributed by atoms with E-state index in [1.807, 2.05) is 24.3 Å². The Kier molecular flexibility index (Phi) is 3.70. The molecule has 0 saturated heterocycles. The summed E-state index contributed by atoms with van der Waals surface area (Å²) in [5, 5.41) is 0. The van der Waals surface area contributed by atoms with Crippen LogP contribution in [0.25, 0.3) is 0 Å². The molecule has 2 N–H and O–H groups in total. The van der Waals surface area contributed by atoms with Crippen LogP contribution in [0.4, 0.5) is 5.69 Å². The normalized spacial score (nSPS) is 12.2. The third-order valence-corrected chi connectivity index (χ3v) is 3.58. The summed E-state index contributed by atoms with van der Waals surface area (Å²) in [4.78, 5) is 12.1. The highest BCUT2D eigenvalue weighted by molar-refractivity contribution is 9.10. The SMILES string of the molecule is Nc1cc2c(cc1C(=O)OCc1ccc(Br)cc1)OCO2. The summed E-state index contributed by atoms with van der Waals surface area (Å²) in [5.74, 6) is 0.547. The predicted octanol–water partition coefficient (Wildman–Crippen LogP) is 3.12. The van der Waals surface area contributed by atoms with Crippen molar-refractivity contribution in [3.8, 4) is 11.5 Å². The Bertz CT molecular complexity index is 685. The zero-order valence-electron chi connectivity index (χ0n) is 11.0. The van der Waals surface area contributed by atoms with E-state index in [4.69, 9.17) is 19.9 Å². The van der Waals surface area contributed by atoms with Crippen LogP contribution in [0.15, 0.2) is 40.9 Å². The van der Waals surface area contributed by atoms with E-state index in [1.165, 1.54) is 0 Å². The third kappa shape index (κ3) is 2.95. The molecule has 0 aliphatic carbocycles. The number of ether oxygens (including phenoxy) is 3. The molecule has 0 spiro atoms. The second kappa shape index (κ2) is 5.65. The van der Waals surface area contributed by atoms with Gasteiger partial charge in [0.25, 0.3) is 0 Å². The minimum absolute atomic E-state index is 0.131. The number of nitrogens with two attached hydrogens (primary N) is 1. The quantitative estimate of drug-likeness (QED) is 0.680.